The summed E-state index contributed by atoms with van der Waals surface area (Å²) in [5.74, 6) is -0.00629. The molecule has 1 atom stereocenters. The van der Waals surface area contributed by atoms with E-state index >= 15 is 0 Å². The van der Waals surface area contributed by atoms with Crippen LogP contribution >= 0.6 is 11.3 Å². The first-order valence-electron chi connectivity index (χ1n) is 7.97. The Morgan fingerprint density at radius 1 is 1.39 bits per heavy atom. The lowest BCUT2D eigenvalue weighted by atomic mass is 10.1. The van der Waals surface area contributed by atoms with Gasteiger partial charge in [-0.15, -0.1) is 11.3 Å². The van der Waals surface area contributed by atoms with E-state index in [1.165, 1.54) is 10.4 Å². The van der Waals surface area contributed by atoms with E-state index < -0.39 is 0 Å². The van der Waals surface area contributed by atoms with Gasteiger partial charge in [-0.3, -0.25) is 4.79 Å². The highest BCUT2D eigenvalue weighted by molar-refractivity contribution is 7.10. The van der Waals surface area contributed by atoms with E-state index in [0.717, 1.165) is 24.3 Å². The van der Waals surface area contributed by atoms with Gasteiger partial charge < -0.3 is 15.0 Å². The smallest absolute Gasteiger partial charge is 0.227 e. The molecular weight excluding hydrogens is 308 g/mol. The lowest BCUT2D eigenvalue weighted by Crippen LogP contribution is -2.23. The van der Waals surface area contributed by atoms with Gasteiger partial charge in [-0.2, -0.15) is 0 Å². The van der Waals surface area contributed by atoms with E-state index in [1.807, 2.05) is 31.3 Å². The van der Waals surface area contributed by atoms with Crippen molar-refractivity contribution >= 4 is 28.6 Å². The van der Waals surface area contributed by atoms with Crippen molar-refractivity contribution in [1.29, 1.82) is 0 Å². The quantitative estimate of drug-likeness (QED) is 0.905. The Labute approximate surface area is 141 Å². The average Bonchev–Trinajstić information content (AvgIpc) is 3.04. The summed E-state index contributed by atoms with van der Waals surface area (Å²) in [4.78, 5) is 15.8. The fourth-order valence-corrected chi connectivity index (χ4v) is 3.83. The van der Waals surface area contributed by atoms with Gasteiger partial charge in [0.2, 0.25) is 5.91 Å². The third-order valence-corrected chi connectivity index (χ3v) is 5.25. The van der Waals surface area contributed by atoms with Gasteiger partial charge in [0.1, 0.15) is 6.10 Å². The molecule has 2 aromatic rings. The Bertz CT molecular complexity index is 683. The van der Waals surface area contributed by atoms with E-state index in [0.29, 0.717) is 13.0 Å². The van der Waals surface area contributed by atoms with Gasteiger partial charge in [0.15, 0.2) is 0 Å². The van der Waals surface area contributed by atoms with Crippen molar-refractivity contribution in [2.75, 3.05) is 30.4 Å². The largest absolute Gasteiger partial charge is 0.373 e. The molecule has 0 radical (unpaired) electrons. The molecule has 1 N–H and O–H groups in total. The van der Waals surface area contributed by atoms with Crippen LogP contribution in [0.15, 0.2) is 35.7 Å². The number of benzene rings is 1. The maximum absolute atomic E-state index is 12.5. The molecule has 0 spiro atoms. The van der Waals surface area contributed by atoms with Crippen LogP contribution in [0.2, 0.25) is 0 Å². The van der Waals surface area contributed by atoms with Crippen LogP contribution in [-0.2, 0) is 16.0 Å². The van der Waals surface area contributed by atoms with Crippen LogP contribution in [0, 0.1) is 0 Å². The number of rotatable bonds is 5. The van der Waals surface area contributed by atoms with Crippen molar-refractivity contribution in [2.24, 2.45) is 0 Å². The summed E-state index contributed by atoms with van der Waals surface area (Å²) in [6.45, 7) is 3.67. The molecule has 0 saturated heterocycles. The second-order valence-corrected chi connectivity index (χ2v) is 6.65. The third-order valence-electron chi connectivity index (χ3n) is 4.20. The molecule has 1 unspecified atom stereocenters. The number of hydrogen-bond donors (Lipinski definition) is 1. The van der Waals surface area contributed by atoms with E-state index in [1.54, 1.807) is 11.3 Å². The van der Waals surface area contributed by atoms with Gasteiger partial charge in [0, 0.05) is 18.5 Å². The highest BCUT2D eigenvalue weighted by atomic mass is 32.1. The molecule has 2 heterocycles. The zero-order chi connectivity index (χ0) is 16.2. The van der Waals surface area contributed by atoms with Gasteiger partial charge >= 0.3 is 0 Å². The van der Waals surface area contributed by atoms with Crippen LogP contribution in [-0.4, -0.2) is 26.1 Å². The molecule has 0 aliphatic carbocycles. The molecule has 1 amide bonds. The molecule has 0 fully saturated rings. The summed E-state index contributed by atoms with van der Waals surface area (Å²) >= 11 is 1.68. The fraction of sp³-hybridized carbons (Fsp3) is 0.389. The van der Waals surface area contributed by atoms with Crippen LogP contribution in [0.3, 0.4) is 0 Å². The van der Waals surface area contributed by atoms with Gasteiger partial charge in [0.25, 0.3) is 0 Å². The zero-order valence-electron chi connectivity index (χ0n) is 13.5. The van der Waals surface area contributed by atoms with Crippen molar-refractivity contribution in [1.82, 2.24) is 0 Å². The van der Waals surface area contributed by atoms with Crippen LogP contribution in [0.25, 0.3) is 0 Å². The summed E-state index contributed by atoms with van der Waals surface area (Å²) in [6.07, 6.45) is 1.19. The molecule has 0 bridgehead atoms. The Balaban J connectivity index is 1.70. The number of thiophene rings is 1. The van der Waals surface area contributed by atoms with Crippen molar-refractivity contribution in [3.8, 4) is 0 Å². The number of hydrogen-bond acceptors (Lipinski definition) is 4. The maximum Gasteiger partial charge on any atom is 0.227 e. The number of amides is 1. The predicted molar refractivity (Wildman–Crippen MR) is 95.3 cm³/mol. The SMILES string of the molecule is CCN(C)c1ccccc1NC(=O)CC1OCCc2ccsc21. The number of fused-ring (bicyclic) bond motifs is 1. The molecule has 5 heteroatoms. The van der Waals surface area contributed by atoms with Crippen LogP contribution in [0.4, 0.5) is 11.4 Å². The zero-order valence-corrected chi connectivity index (χ0v) is 14.4. The summed E-state index contributed by atoms with van der Waals surface area (Å²) in [5, 5.41) is 5.12. The maximum atomic E-state index is 12.5. The first-order valence-corrected chi connectivity index (χ1v) is 8.85. The average molecular weight is 330 g/mol. The molecule has 1 aromatic heterocycles. The molecule has 3 rings (SSSR count). The van der Waals surface area contributed by atoms with Crippen LogP contribution in [0.5, 0.6) is 0 Å². The summed E-state index contributed by atoms with van der Waals surface area (Å²) < 4.78 is 5.81. The van der Waals surface area contributed by atoms with E-state index in [2.05, 4.69) is 28.6 Å². The first-order chi connectivity index (χ1) is 11.2. The van der Waals surface area contributed by atoms with Crippen molar-refractivity contribution < 1.29 is 9.53 Å². The summed E-state index contributed by atoms with van der Waals surface area (Å²) in [6, 6.07) is 10.0. The topological polar surface area (TPSA) is 41.6 Å². The minimum Gasteiger partial charge on any atom is -0.373 e. The molecular formula is C18H22N2O2S. The number of nitrogens with zero attached hydrogens (tertiary/aromatic N) is 1. The van der Waals surface area contributed by atoms with E-state index in [4.69, 9.17) is 4.74 Å². The fourth-order valence-electron chi connectivity index (χ4n) is 2.83. The first kappa shape index (κ1) is 16.0. The van der Waals surface area contributed by atoms with Crippen molar-refractivity contribution in [3.05, 3.63) is 46.2 Å². The van der Waals surface area contributed by atoms with Crippen LogP contribution < -0.4 is 10.2 Å². The van der Waals surface area contributed by atoms with Gasteiger partial charge in [0.05, 0.1) is 24.4 Å². The molecule has 1 aromatic carbocycles. The standard InChI is InChI=1S/C18H22N2O2S/c1-3-20(2)15-7-5-4-6-14(15)19-17(21)12-16-18-13(8-10-22-16)9-11-23-18/h4-7,9,11,16H,3,8,10,12H2,1-2H3,(H,19,21). The Kier molecular flexibility index (Phi) is 4.98. The molecule has 122 valence electrons. The van der Waals surface area contributed by atoms with Gasteiger partial charge in [-0.25, -0.2) is 0 Å². The third kappa shape index (κ3) is 3.57. The minimum atomic E-state index is -0.116. The minimum absolute atomic E-state index is 0.00629. The normalized spacial score (nSPS) is 16.7. The number of para-hydroxylation sites is 2. The van der Waals surface area contributed by atoms with E-state index in [9.17, 15) is 4.79 Å². The Hall–Kier alpha value is -1.85. The number of nitrogens with one attached hydrogen (secondary N) is 1. The lowest BCUT2D eigenvalue weighted by Gasteiger charge is -2.24. The van der Waals surface area contributed by atoms with Crippen molar-refractivity contribution in [2.45, 2.75) is 25.9 Å². The highest BCUT2D eigenvalue weighted by Gasteiger charge is 2.25. The van der Waals surface area contributed by atoms with E-state index in [-0.39, 0.29) is 12.0 Å². The predicted octanol–water partition coefficient (Wildman–Crippen LogP) is 3.85. The molecule has 0 saturated carbocycles. The highest BCUT2D eigenvalue weighted by Crippen LogP contribution is 2.34. The molecule has 1 aliphatic heterocycles. The van der Waals surface area contributed by atoms with Crippen molar-refractivity contribution in [3.63, 3.8) is 0 Å². The second-order valence-electron chi connectivity index (χ2n) is 5.70. The molecule has 4 nitrogen and oxygen atoms in total. The van der Waals surface area contributed by atoms with Gasteiger partial charge in [-0.1, -0.05) is 12.1 Å². The molecule has 1 aliphatic rings. The van der Waals surface area contributed by atoms with Crippen LogP contribution in [0.1, 0.15) is 29.9 Å². The van der Waals surface area contributed by atoms with Gasteiger partial charge in [-0.05, 0) is 42.5 Å². The summed E-state index contributed by atoms with van der Waals surface area (Å²) in [5.41, 5.74) is 3.21. The monoisotopic (exact) mass is 330 g/mol. The molecule has 23 heavy (non-hydrogen) atoms. The summed E-state index contributed by atoms with van der Waals surface area (Å²) in [7, 11) is 2.02. The Morgan fingerprint density at radius 3 is 3.04 bits per heavy atom. The lowest BCUT2D eigenvalue weighted by molar-refractivity contribution is -0.119. The number of carbonyl (C=O) groups is 1. The number of anilines is 2. The number of ether oxygens (including phenoxy) is 1. The second kappa shape index (κ2) is 7.15. The number of carbonyl (C=O) groups excluding carboxylic acids is 1. The Morgan fingerprint density at radius 2 is 2.22 bits per heavy atom.